The van der Waals surface area contributed by atoms with E-state index in [-0.39, 0.29) is 18.9 Å². The Kier molecular flexibility index (Phi) is 6.48. The van der Waals surface area contributed by atoms with Crippen LogP contribution in [0.15, 0.2) is 30.3 Å². The van der Waals surface area contributed by atoms with Crippen LogP contribution < -0.4 is 0 Å². The van der Waals surface area contributed by atoms with Crippen molar-refractivity contribution >= 4 is 25.8 Å². The second kappa shape index (κ2) is 8.18. The number of carbonyl (C=O) groups is 1. The van der Waals surface area contributed by atoms with Gasteiger partial charge in [0.15, 0.2) is 0 Å². The summed E-state index contributed by atoms with van der Waals surface area (Å²) in [6, 6.07) is 9.37. The fraction of sp³-hybridized carbons (Fsp3) is 0.562. The molecule has 0 atom stereocenters. The number of hydrogen-bond acceptors (Lipinski definition) is 5. The predicted molar refractivity (Wildman–Crippen MR) is 91.4 cm³/mol. The normalized spacial score (nSPS) is 17.2. The molecule has 0 radical (unpaired) electrons. The maximum Gasteiger partial charge on any atom is 0.409 e. The van der Waals surface area contributed by atoms with Crippen LogP contribution in [-0.4, -0.2) is 52.0 Å². The van der Waals surface area contributed by atoms with Gasteiger partial charge in [0, 0.05) is 42.9 Å². The highest BCUT2D eigenvalue weighted by molar-refractivity contribution is 8.13. The van der Waals surface area contributed by atoms with Crippen molar-refractivity contribution in [2.75, 3.05) is 32.6 Å². The number of benzene rings is 1. The van der Waals surface area contributed by atoms with Gasteiger partial charge in [-0.15, -0.1) is 0 Å². The number of rotatable bonds is 6. The highest BCUT2D eigenvalue weighted by atomic mass is 35.7. The van der Waals surface area contributed by atoms with Gasteiger partial charge in [-0.25, -0.2) is 13.2 Å². The molecule has 0 bridgehead atoms. The molecule has 1 amide bonds. The predicted octanol–water partition coefficient (Wildman–Crippen LogP) is 2.62. The summed E-state index contributed by atoms with van der Waals surface area (Å²) in [5.74, 6) is -0.179. The molecule has 2 rings (SSSR count). The lowest BCUT2D eigenvalue weighted by Crippen LogP contribution is -2.45. The zero-order valence-electron chi connectivity index (χ0n) is 13.6. The Morgan fingerprint density at radius 3 is 2.50 bits per heavy atom. The van der Waals surface area contributed by atoms with E-state index in [2.05, 4.69) is 0 Å². The minimum atomic E-state index is -3.67. The molecule has 1 aromatic carbocycles. The van der Waals surface area contributed by atoms with Gasteiger partial charge in [-0.3, -0.25) is 0 Å². The van der Waals surface area contributed by atoms with E-state index in [1.54, 1.807) is 7.05 Å². The molecule has 24 heavy (non-hydrogen) atoms. The van der Waals surface area contributed by atoms with E-state index in [1.165, 1.54) is 4.90 Å². The number of nitrogens with zero attached hydrogens (tertiary/aromatic N) is 1. The zero-order chi connectivity index (χ0) is 17.6. The van der Waals surface area contributed by atoms with Gasteiger partial charge in [0.1, 0.15) is 6.61 Å². The van der Waals surface area contributed by atoms with Crippen molar-refractivity contribution in [2.45, 2.75) is 19.4 Å². The number of carbonyl (C=O) groups excluding carboxylic acids is 1. The topological polar surface area (TPSA) is 72.9 Å². The summed E-state index contributed by atoms with van der Waals surface area (Å²) in [7, 11) is 3.39. The third kappa shape index (κ3) is 5.96. The van der Waals surface area contributed by atoms with Crippen LogP contribution >= 0.6 is 10.7 Å². The summed E-state index contributed by atoms with van der Waals surface area (Å²) in [5.41, 5.74) is 0.294. The molecule has 1 aliphatic heterocycles. The Hall–Kier alpha value is -1.31. The Morgan fingerprint density at radius 1 is 1.29 bits per heavy atom. The summed E-state index contributed by atoms with van der Waals surface area (Å²) < 4.78 is 33.7. The van der Waals surface area contributed by atoms with E-state index in [1.807, 2.05) is 30.3 Å². The SMILES string of the molecule is CN(CC1(CS(=O)(=O)Cl)CCOCC1)C(=O)OCc1ccccc1. The van der Waals surface area contributed by atoms with E-state index in [9.17, 15) is 13.2 Å². The average molecular weight is 376 g/mol. The Bertz CT molecular complexity index is 644. The molecule has 0 N–H and O–H groups in total. The first kappa shape index (κ1) is 19.0. The van der Waals surface area contributed by atoms with Gasteiger partial charge in [0.2, 0.25) is 9.05 Å². The van der Waals surface area contributed by atoms with Crippen molar-refractivity contribution in [3.63, 3.8) is 0 Å². The molecule has 0 aliphatic carbocycles. The largest absolute Gasteiger partial charge is 0.445 e. The standard InChI is InChI=1S/C16H22ClNO5S/c1-18(15(19)23-11-14-5-3-2-4-6-14)12-16(13-24(17,20)21)7-9-22-10-8-16/h2-6H,7-13H2,1H3. The first-order chi connectivity index (χ1) is 11.3. The quantitative estimate of drug-likeness (QED) is 0.714. The fourth-order valence-electron chi connectivity index (χ4n) is 2.92. The maximum atomic E-state index is 12.2. The molecule has 1 saturated heterocycles. The van der Waals surface area contributed by atoms with Crippen LogP contribution in [0.5, 0.6) is 0 Å². The van der Waals surface area contributed by atoms with Crippen LogP contribution in [0.3, 0.4) is 0 Å². The minimum absolute atomic E-state index is 0.175. The number of amides is 1. The third-order valence-electron chi connectivity index (χ3n) is 4.12. The zero-order valence-corrected chi connectivity index (χ0v) is 15.2. The van der Waals surface area contributed by atoms with E-state index < -0.39 is 20.6 Å². The van der Waals surface area contributed by atoms with Crippen LogP contribution in [0.25, 0.3) is 0 Å². The monoisotopic (exact) mass is 375 g/mol. The molecular formula is C16H22ClNO5S. The second-order valence-electron chi connectivity index (χ2n) is 6.19. The van der Waals surface area contributed by atoms with Crippen LogP contribution in [0.1, 0.15) is 18.4 Å². The Morgan fingerprint density at radius 2 is 1.92 bits per heavy atom. The average Bonchev–Trinajstić information content (AvgIpc) is 2.52. The number of ether oxygens (including phenoxy) is 2. The molecule has 1 fully saturated rings. The van der Waals surface area contributed by atoms with E-state index in [0.717, 1.165) is 5.56 Å². The van der Waals surface area contributed by atoms with Crippen molar-refractivity contribution in [3.05, 3.63) is 35.9 Å². The van der Waals surface area contributed by atoms with Gasteiger partial charge < -0.3 is 14.4 Å². The Labute approximate surface area is 147 Å². The van der Waals surface area contributed by atoms with Gasteiger partial charge in [-0.2, -0.15) is 0 Å². The Balaban J connectivity index is 1.96. The van der Waals surface area contributed by atoms with E-state index >= 15 is 0 Å². The first-order valence-corrected chi connectivity index (χ1v) is 10.2. The summed E-state index contributed by atoms with van der Waals surface area (Å²) >= 11 is 0. The molecule has 0 unspecified atom stereocenters. The molecule has 8 heteroatoms. The third-order valence-corrected chi connectivity index (χ3v) is 5.41. The number of hydrogen-bond donors (Lipinski definition) is 0. The van der Waals surface area contributed by atoms with Gasteiger partial charge in [0.05, 0.1) is 5.75 Å². The van der Waals surface area contributed by atoms with E-state index in [0.29, 0.717) is 26.1 Å². The lowest BCUT2D eigenvalue weighted by Gasteiger charge is -2.38. The lowest BCUT2D eigenvalue weighted by atomic mass is 9.82. The summed E-state index contributed by atoms with van der Waals surface area (Å²) in [6.45, 7) is 1.35. The van der Waals surface area contributed by atoms with Crippen molar-refractivity contribution < 1.29 is 22.7 Å². The second-order valence-corrected chi connectivity index (χ2v) is 8.97. The van der Waals surface area contributed by atoms with Crippen LogP contribution in [0, 0.1) is 5.41 Å². The summed E-state index contributed by atoms with van der Waals surface area (Å²) in [4.78, 5) is 13.6. The molecular weight excluding hydrogens is 354 g/mol. The van der Waals surface area contributed by atoms with Crippen molar-refractivity contribution in [2.24, 2.45) is 5.41 Å². The highest BCUT2D eigenvalue weighted by Gasteiger charge is 2.38. The summed E-state index contributed by atoms with van der Waals surface area (Å²) in [5, 5.41) is 0. The van der Waals surface area contributed by atoms with Gasteiger partial charge in [-0.05, 0) is 18.4 Å². The van der Waals surface area contributed by atoms with Crippen molar-refractivity contribution in [1.82, 2.24) is 4.90 Å². The molecule has 0 saturated carbocycles. The lowest BCUT2D eigenvalue weighted by molar-refractivity contribution is 0.00843. The van der Waals surface area contributed by atoms with Gasteiger partial charge in [0.25, 0.3) is 0 Å². The van der Waals surface area contributed by atoms with Crippen LogP contribution in [0.4, 0.5) is 4.79 Å². The summed E-state index contributed by atoms with van der Waals surface area (Å²) in [6.07, 6.45) is 0.585. The van der Waals surface area contributed by atoms with Gasteiger partial charge in [-0.1, -0.05) is 30.3 Å². The molecule has 1 aliphatic rings. The minimum Gasteiger partial charge on any atom is -0.445 e. The maximum absolute atomic E-state index is 12.2. The van der Waals surface area contributed by atoms with Crippen LogP contribution in [0.2, 0.25) is 0 Å². The molecule has 0 aromatic heterocycles. The van der Waals surface area contributed by atoms with Crippen molar-refractivity contribution in [1.29, 1.82) is 0 Å². The molecule has 6 nitrogen and oxygen atoms in total. The molecule has 134 valence electrons. The molecule has 1 heterocycles. The highest BCUT2D eigenvalue weighted by Crippen LogP contribution is 2.34. The molecule has 0 spiro atoms. The first-order valence-electron chi connectivity index (χ1n) is 7.72. The number of halogens is 1. The molecule has 1 aromatic rings. The van der Waals surface area contributed by atoms with Gasteiger partial charge >= 0.3 is 6.09 Å². The fourth-order valence-corrected chi connectivity index (χ4v) is 4.72. The smallest absolute Gasteiger partial charge is 0.409 e. The van der Waals surface area contributed by atoms with Crippen molar-refractivity contribution in [3.8, 4) is 0 Å². The van der Waals surface area contributed by atoms with Crippen LogP contribution in [-0.2, 0) is 25.1 Å². The van der Waals surface area contributed by atoms with E-state index in [4.69, 9.17) is 20.2 Å².